The van der Waals surface area contributed by atoms with Crippen molar-refractivity contribution < 1.29 is 9.53 Å². The molecule has 1 aliphatic rings. The molecule has 6 nitrogen and oxygen atoms in total. The number of hydrogen-bond donors (Lipinski definition) is 1. The average Bonchev–Trinajstić information content (AvgIpc) is 3.29. The molecule has 2 heterocycles. The summed E-state index contributed by atoms with van der Waals surface area (Å²) in [7, 11) is 1.55. The molecule has 4 rings (SSSR count). The number of carbonyl (C=O) groups is 1. The summed E-state index contributed by atoms with van der Waals surface area (Å²) >= 11 is 6.14. The van der Waals surface area contributed by atoms with Crippen LogP contribution in [0.1, 0.15) is 23.2 Å². The minimum Gasteiger partial charge on any atom is -0.495 e. The van der Waals surface area contributed by atoms with Gasteiger partial charge in [-0.1, -0.05) is 23.7 Å². The highest BCUT2D eigenvalue weighted by Crippen LogP contribution is 2.28. The van der Waals surface area contributed by atoms with Gasteiger partial charge in [-0.05, 0) is 43.2 Å². The first-order valence-electron chi connectivity index (χ1n) is 9.46. The summed E-state index contributed by atoms with van der Waals surface area (Å²) in [6, 6.07) is 14.5. The van der Waals surface area contributed by atoms with E-state index in [0.29, 0.717) is 22.0 Å². The number of ether oxygens (including phenoxy) is 1. The summed E-state index contributed by atoms with van der Waals surface area (Å²) in [6.45, 7) is 2.03. The molecule has 1 N–H and O–H groups in total. The second-order valence-corrected chi connectivity index (χ2v) is 7.25. The Bertz CT molecular complexity index is 1030. The van der Waals surface area contributed by atoms with Crippen LogP contribution in [-0.4, -0.2) is 36.1 Å². The standard InChI is InChI=1S/C22H21ClN4O2/c1-29-20-8-7-17(12-18(20)23)26-22(28)16-6-4-5-15(11-16)19-13-21(25-14-24-19)27-9-2-3-10-27/h4-8,11-14H,2-3,9-10H2,1H3,(H,26,28). The molecular weight excluding hydrogens is 388 g/mol. The van der Waals surface area contributed by atoms with Crippen molar-refractivity contribution in [1.29, 1.82) is 0 Å². The summed E-state index contributed by atoms with van der Waals surface area (Å²) < 4.78 is 5.14. The Hall–Kier alpha value is -3.12. The van der Waals surface area contributed by atoms with Crippen molar-refractivity contribution in [2.45, 2.75) is 12.8 Å². The van der Waals surface area contributed by atoms with E-state index in [1.54, 1.807) is 37.7 Å². The van der Waals surface area contributed by atoms with Crippen LogP contribution in [0.25, 0.3) is 11.3 Å². The van der Waals surface area contributed by atoms with Gasteiger partial charge in [0.2, 0.25) is 0 Å². The number of nitrogens with one attached hydrogen (secondary N) is 1. The van der Waals surface area contributed by atoms with E-state index in [-0.39, 0.29) is 5.91 Å². The van der Waals surface area contributed by atoms with Crippen molar-refractivity contribution in [3.63, 3.8) is 0 Å². The quantitative estimate of drug-likeness (QED) is 0.665. The van der Waals surface area contributed by atoms with Crippen molar-refractivity contribution >= 4 is 29.0 Å². The highest BCUT2D eigenvalue weighted by atomic mass is 35.5. The number of carbonyl (C=O) groups excluding carboxylic acids is 1. The molecular formula is C22H21ClN4O2. The van der Waals surface area contributed by atoms with Crippen molar-refractivity contribution in [2.24, 2.45) is 0 Å². The van der Waals surface area contributed by atoms with Gasteiger partial charge < -0.3 is 15.0 Å². The van der Waals surface area contributed by atoms with Gasteiger partial charge in [0, 0.05) is 36.0 Å². The molecule has 0 bridgehead atoms. The average molecular weight is 409 g/mol. The first kappa shape index (κ1) is 19.2. The summed E-state index contributed by atoms with van der Waals surface area (Å²) in [5, 5.41) is 3.30. The maximum atomic E-state index is 12.7. The number of methoxy groups -OCH3 is 1. The van der Waals surface area contributed by atoms with E-state index in [9.17, 15) is 4.79 Å². The molecule has 0 saturated carbocycles. The fourth-order valence-corrected chi connectivity index (χ4v) is 3.65. The molecule has 0 aliphatic carbocycles. The highest BCUT2D eigenvalue weighted by Gasteiger charge is 2.15. The Labute approximate surface area is 174 Å². The molecule has 29 heavy (non-hydrogen) atoms. The van der Waals surface area contributed by atoms with E-state index in [2.05, 4.69) is 20.2 Å². The van der Waals surface area contributed by atoms with Crippen LogP contribution in [0.4, 0.5) is 11.5 Å². The Morgan fingerprint density at radius 1 is 1.10 bits per heavy atom. The van der Waals surface area contributed by atoms with Crippen LogP contribution in [0.3, 0.4) is 0 Å². The smallest absolute Gasteiger partial charge is 0.255 e. The molecule has 2 aromatic carbocycles. The lowest BCUT2D eigenvalue weighted by Gasteiger charge is -2.16. The third-order valence-electron chi connectivity index (χ3n) is 4.91. The van der Waals surface area contributed by atoms with E-state index >= 15 is 0 Å². The lowest BCUT2D eigenvalue weighted by molar-refractivity contribution is 0.102. The van der Waals surface area contributed by atoms with Crippen LogP contribution in [0.2, 0.25) is 5.02 Å². The molecule has 1 amide bonds. The zero-order valence-corrected chi connectivity index (χ0v) is 16.8. The maximum absolute atomic E-state index is 12.7. The Balaban J connectivity index is 1.55. The van der Waals surface area contributed by atoms with E-state index in [0.717, 1.165) is 30.2 Å². The number of anilines is 2. The lowest BCUT2D eigenvalue weighted by Crippen LogP contribution is -2.19. The van der Waals surface area contributed by atoms with Crippen molar-refractivity contribution in [3.05, 3.63) is 65.4 Å². The number of hydrogen-bond acceptors (Lipinski definition) is 5. The minimum absolute atomic E-state index is 0.220. The lowest BCUT2D eigenvalue weighted by atomic mass is 10.1. The van der Waals surface area contributed by atoms with Crippen LogP contribution in [0.5, 0.6) is 5.75 Å². The monoisotopic (exact) mass is 408 g/mol. The fourth-order valence-electron chi connectivity index (χ4n) is 3.39. The minimum atomic E-state index is -0.220. The van der Waals surface area contributed by atoms with Crippen LogP contribution in [-0.2, 0) is 0 Å². The van der Waals surface area contributed by atoms with Gasteiger partial charge in [0.1, 0.15) is 17.9 Å². The number of nitrogens with zero attached hydrogens (tertiary/aromatic N) is 3. The molecule has 0 radical (unpaired) electrons. The van der Waals surface area contributed by atoms with Crippen LogP contribution >= 0.6 is 11.6 Å². The Morgan fingerprint density at radius 3 is 2.69 bits per heavy atom. The van der Waals surface area contributed by atoms with E-state index in [1.807, 2.05) is 24.3 Å². The summed E-state index contributed by atoms with van der Waals surface area (Å²) in [6.07, 6.45) is 3.95. The normalized spacial score (nSPS) is 13.4. The first-order chi connectivity index (χ1) is 14.1. The molecule has 148 valence electrons. The Morgan fingerprint density at radius 2 is 1.93 bits per heavy atom. The summed E-state index contributed by atoms with van der Waals surface area (Å²) in [5.74, 6) is 1.27. The van der Waals surface area contributed by atoms with Gasteiger partial charge in [0.15, 0.2) is 0 Å². The largest absolute Gasteiger partial charge is 0.495 e. The third kappa shape index (κ3) is 4.32. The summed E-state index contributed by atoms with van der Waals surface area (Å²) in [4.78, 5) is 23.8. The zero-order chi connectivity index (χ0) is 20.2. The van der Waals surface area contributed by atoms with Gasteiger partial charge in [-0.2, -0.15) is 0 Å². The van der Waals surface area contributed by atoms with Crippen LogP contribution in [0, 0.1) is 0 Å². The van der Waals surface area contributed by atoms with E-state index in [1.165, 1.54) is 12.8 Å². The number of rotatable bonds is 5. The Kier molecular flexibility index (Phi) is 5.62. The molecule has 7 heteroatoms. The van der Waals surface area contributed by atoms with Crippen LogP contribution in [0.15, 0.2) is 54.9 Å². The van der Waals surface area contributed by atoms with Crippen molar-refractivity contribution in [3.8, 4) is 17.0 Å². The number of aromatic nitrogens is 2. The molecule has 1 fully saturated rings. The van der Waals surface area contributed by atoms with Gasteiger partial charge >= 0.3 is 0 Å². The van der Waals surface area contributed by atoms with Gasteiger partial charge in [-0.25, -0.2) is 9.97 Å². The SMILES string of the molecule is COc1ccc(NC(=O)c2cccc(-c3cc(N4CCCC4)ncn3)c2)cc1Cl. The number of benzene rings is 2. The predicted octanol–water partition coefficient (Wildman–Crippen LogP) is 4.66. The predicted molar refractivity (Wildman–Crippen MR) is 115 cm³/mol. The first-order valence-corrected chi connectivity index (χ1v) is 9.84. The van der Waals surface area contributed by atoms with Gasteiger partial charge in [0.05, 0.1) is 17.8 Å². The fraction of sp³-hybridized carbons (Fsp3) is 0.227. The van der Waals surface area contributed by atoms with Crippen molar-refractivity contribution in [2.75, 3.05) is 30.4 Å². The number of halogens is 1. The zero-order valence-electron chi connectivity index (χ0n) is 16.1. The topological polar surface area (TPSA) is 67.3 Å². The highest BCUT2D eigenvalue weighted by molar-refractivity contribution is 6.32. The third-order valence-corrected chi connectivity index (χ3v) is 5.21. The second-order valence-electron chi connectivity index (χ2n) is 6.84. The van der Waals surface area contributed by atoms with E-state index in [4.69, 9.17) is 16.3 Å². The molecule has 1 aromatic heterocycles. The number of amides is 1. The van der Waals surface area contributed by atoms with Crippen molar-refractivity contribution in [1.82, 2.24) is 9.97 Å². The maximum Gasteiger partial charge on any atom is 0.255 e. The molecule has 3 aromatic rings. The van der Waals surface area contributed by atoms with Gasteiger partial charge in [0.25, 0.3) is 5.91 Å². The molecule has 0 spiro atoms. The molecule has 1 aliphatic heterocycles. The van der Waals surface area contributed by atoms with E-state index < -0.39 is 0 Å². The second kappa shape index (κ2) is 8.49. The van der Waals surface area contributed by atoms with Gasteiger partial charge in [-0.15, -0.1) is 0 Å². The van der Waals surface area contributed by atoms with Gasteiger partial charge in [-0.3, -0.25) is 4.79 Å². The molecule has 0 atom stereocenters. The molecule has 1 saturated heterocycles. The summed E-state index contributed by atoms with van der Waals surface area (Å²) in [5.41, 5.74) is 2.80. The van der Waals surface area contributed by atoms with Crippen LogP contribution < -0.4 is 15.0 Å². The molecule has 0 unspecified atom stereocenters.